The number of ether oxygens (including phenoxy) is 4. The molecule has 0 saturated carbocycles. The first-order chi connectivity index (χ1) is 21.6. The van der Waals surface area contributed by atoms with Crippen LogP contribution in [0.3, 0.4) is 0 Å². The third kappa shape index (κ3) is 6.96. The second-order valence-corrected chi connectivity index (χ2v) is 12.3. The van der Waals surface area contributed by atoms with Gasteiger partial charge < -0.3 is 18.9 Å². The lowest BCUT2D eigenvalue weighted by molar-refractivity contribution is -0.139. The average molecular weight is 668 g/mol. The minimum absolute atomic E-state index is 0.0822. The Morgan fingerprint density at radius 3 is 2.53 bits per heavy atom. The Morgan fingerprint density at radius 2 is 1.84 bits per heavy atom. The van der Waals surface area contributed by atoms with E-state index in [4.69, 9.17) is 42.1 Å². The van der Waals surface area contributed by atoms with E-state index < -0.39 is 12.0 Å². The SMILES string of the molecule is CCOC(=O)C1=C(C)N=c2s/c(=C/c3cc(Cl)cc(Cl)c3OCc3ccccc3)c(=O)n2[C@@H]1c1ccc(OC(C)C)c(OC)c1. The third-order valence-electron chi connectivity index (χ3n) is 6.93. The third-order valence-corrected chi connectivity index (χ3v) is 8.41. The smallest absolute Gasteiger partial charge is 0.338 e. The van der Waals surface area contributed by atoms with Crippen molar-refractivity contribution >= 4 is 46.6 Å². The van der Waals surface area contributed by atoms with E-state index in [9.17, 15) is 9.59 Å². The number of benzene rings is 3. The number of esters is 1. The van der Waals surface area contributed by atoms with E-state index in [2.05, 4.69) is 4.99 Å². The van der Waals surface area contributed by atoms with Crippen molar-refractivity contribution in [2.75, 3.05) is 13.7 Å². The van der Waals surface area contributed by atoms with Crippen molar-refractivity contribution < 1.29 is 23.7 Å². The Hall–Kier alpha value is -4.05. The molecule has 234 valence electrons. The number of halogens is 2. The van der Waals surface area contributed by atoms with Crippen LogP contribution in [-0.2, 0) is 16.1 Å². The Balaban J connectivity index is 1.67. The molecule has 0 aliphatic carbocycles. The van der Waals surface area contributed by atoms with Crippen LogP contribution in [0.25, 0.3) is 6.08 Å². The Bertz CT molecular complexity index is 1950. The van der Waals surface area contributed by atoms with Gasteiger partial charge in [-0.2, -0.15) is 0 Å². The molecule has 0 spiro atoms. The maximum absolute atomic E-state index is 14.2. The van der Waals surface area contributed by atoms with Crippen LogP contribution in [-0.4, -0.2) is 30.4 Å². The van der Waals surface area contributed by atoms with Gasteiger partial charge in [0.25, 0.3) is 5.56 Å². The molecule has 0 fully saturated rings. The number of fused-ring (bicyclic) bond motifs is 1. The normalized spacial score (nSPS) is 14.7. The number of thiazole rings is 1. The van der Waals surface area contributed by atoms with Crippen molar-refractivity contribution in [1.29, 1.82) is 0 Å². The van der Waals surface area contributed by atoms with E-state index in [1.807, 2.05) is 50.2 Å². The van der Waals surface area contributed by atoms with Gasteiger partial charge in [-0.15, -0.1) is 0 Å². The van der Waals surface area contributed by atoms with Crippen LogP contribution in [0.15, 0.2) is 81.7 Å². The molecular weight excluding hydrogens is 635 g/mol. The molecule has 1 atom stereocenters. The summed E-state index contributed by atoms with van der Waals surface area (Å²) in [5.74, 6) is 0.844. The minimum Gasteiger partial charge on any atom is -0.493 e. The second-order valence-electron chi connectivity index (χ2n) is 10.5. The predicted molar refractivity (Wildman–Crippen MR) is 176 cm³/mol. The summed E-state index contributed by atoms with van der Waals surface area (Å²) in [7, 11) is 1.54. The van der Waals surface area contributed by atoms with Gasteiger partial charge in [-0.05, 0) is 69.2 Å². The lowest BCUT2D eigenvalue weighted by atomic mass is 9.95. The molecule has 1 aliphatic heterocycles. The largest absolute Gasteiger partial charge is 0.493 e. The molecule has 3 aromatic carbocycles. The zero-order valence-corrected chi connectivity index (χ0v) is 27.8. The van der Waals surface area contributed by atoms with Gasteiger partial charge in [0.2, 0.25) is 0 Å². The fraction of sp³-hybridized carbons (Fsp3) is 0.265. The topological polar surface area (TPSA) is 88.4 Å². The summed E-state index contributed by atoms with van der Waals surface area (Å²) < 4.78 is 24.9. The van der Waals surface area contributed by atoms with Gasteiger partial charge in [0, 0.05) is 10.6 Å². The second kappa shape index (κ2) is 13.9. The first-order valence-corrected chi connectivity index (χ1v) is 15.9. The molecule has 0 saturated heterocycles. The van der Waals surface area contributed by atoms with E-state index in [1.54, 1.807) is 51.3 Å². The van der Waals surface area contributed by atoms with Crippen LogP contribution in [0, 0.1) is 0 Å². The van der Waals surface area contributed by atoms with Crippen molar-refractivity contribution in [3.05, 3.63) is 118 Å². The number of hydrogen-bond donors (Lipinski definition) is 0. The molecule has 11 heteroatoms. The molecule has 2 heterocycles. The van der Waals surface area contributed by atoms with E-state index in [0.29, 0.717) is 53.5 Å². The molecule has 4 aromatic rings. The van der Waals surface area contributed by atoms with Crippen molar-refractivity contribution in [3.8, 4) is 17.2 Å². The number of rotatable bonds is 10. The monoisotopic (exact) mass is 666 g/mol. The average Bonchev–Trinajstić information content (AvgIpc) is 3.30. The van der Waals surface area contributed by atoms with Crippen molar-refractivity contribution in [1.82, 2.24) is 4.57 Å². The highest BCUT2D eigenvalue weighted by molar-refractivity contribution is 7.07. The molecule has 0 amide bonds. The van der Waals surface area contributed by atoms with Gasteiger partial charge in [0.15, 0.2) is 16.3 Å². The zero-order valence-electron chi connectivity index (χ0n) is 25.4. The molecule has 1 aliphatic rings. The lowest BCUT2D eigenvalue weighted by Crippen LogP contribution is -2.40. The van der Waals surface area contributed by atoms with Gasteiger partial charge in [-0.25, -0.2) is 9.79 Å². The van der Waals surface area contributed by atoms with Gasteiger partial charge in [0.05, 0.1) is 46.7 Å². The molecule has 0 bridgehead atoms. The Kier molecular flexibility index (Phi) is 10.0. The summed E-state index contributed by atoms with van der Waals surface area (Å²) in [4.78, 5) is 32.6. The van der Waals surface area contributed by atoms with E-state index >= 15 is 0 Å². The molecule has 1 aromatic heterocycles. The number of aromatic nitrogens is 1. The van der Waals surface area contributed by atoms with Gasteiger partial charge in [-0.3, -0.25) is 9.36 Å². The number of carbonyl (C=O) groups is 1. The molecule has 45 heavy (non-hydrogen) atoms. The van der Waals surface area contributed by atoms with Crippen LogP contribution >= 0.6 is 34.5 Å². The first kappa shape index (κ1) is 32.3. The summed E-state index contributed by atoms with van der Waals surface area (Å²) in [6, 6.07) is 17.5. The summed E-state index contributed by atoms with van der Waals surface area (Å²) in [5.41, 5.74) is 2.47. The van der Waals surface area contributed by atoms with Gasteiger partial charge in [0.1, 0.15) is 12.4 Å². The maximum Gasteiger partial charge on any atom is 0.338 e. The van der Waals surface area contributed by atoms with Crippen LogP contribution in [0.4, 0.5) is 0 Å². The number of nitrogens with zero attached hydrogens (tertiary/aromatic N) is 2. The van der Waals surface area contributed by atoms with E-state index in [-0.39, 0.29) is 30.5 Å². The number of hydrogen-bond acceptors (Lipinski definition) is 8. The van der Waals surface area contributed by atoms with E-state index in [0.717, 1.165) is 5.56 Å². The van der Waals surface area contributed by atoms with E-state index in [1.165, 1.54) is 15.9 Å². The Morgan fingerprint density at radius 1 is 1.09 bits per heavy atom. The molecule has 0 radical (unpaired) electrons. The Labute approximate surface area is 274 Å². The van der Waals surface area contributed by atoms with Crippen LogP contribution in [0.1, 0.15) is 50.4 Å². The van der Waals surface area contributed by atoms with Crippen molar-refractivity contribution in [3.63, 3.8) is 0 Å². The minimum atomic E-state index is -0.832. The fourth-order valence-corrected chi connectivity index (χ4v) is 6.62. The molecule has 5 rings (SSSR count). The molecule has 0 N–H and O–H groups in total. The number of methoxy groups -OCH3 is 1. The standard InChI is InChI=1S/C34H32Cl2N2O6S/c1-6-42-33(40)29-20(4)37-34-38(30(29)22-12-13-26(44-19(2)3)27(15-22)41-5)32(39)28(45-34)16-23-14-24(35)17-25(36)31(23)43-18-21-10-8-7-9-11-21/h7-17,19,30H,6,18H2,1-5H3/b28-16+/t30-/m1/s1. The summed E-state index contributed by atoms with van der Waals surface area (Å²) in [6.07, 6.45) is 1.60. The van der Waals surface area contributed by atoms with Crippen LogP contribution in [0.5, 0.6) is 17.2 Å². The maximum atomic E-state index is 14.2. The predicted octanol–water partition coefficient (Wildman–Crippen LogP) is 6.48. The summed E-state index contributed by atoms with van der Waals surface area (Å²) in [6.45, 7) is 7.73. The number of carbonyl (C=O) groups excluding carboxylic acids is 1. The molecule has 8 nitrogen and oxygen atoms in total. The fourth-order valence-electron chi connectivity index (χ4n) is 5.02. The summed E-state index contributed by atoms with van der Waals surface area (Å²) >= 11 is 14.2. The quantitative estimate of drug-likeness (QED) is 0.180. The van der Waals surface area contributed by atoms with Gasteiger partial charge in [-0.1, -0.05) is 70.9 Å². The number of allylic oxidation sites excluding steroid dienone is 1. The highest BCUT2D eigenvalue weighted by Gasteiger charge is 2.34. The summed E-state index contributed by atoms with van der Waals surface area (Å²) in [5, 5.41) is 0.701. The van der Waals surface area contributed by atoms with Crippen LogP contribution < -0.4 is 29.1 Å². The lowest BCUT2D eigenvalue weighted by Gasteiger charge is -2.25. The van der Waals surface area contributed by atoms with Crippen molar-refractivity contribution in [2.24, 2.45) is 4.99 Å². The highest BCUT2D eigenvalue weighted by Crippen LogP contribution is 2.37. The van der Waals surface area contributed by atoms with Crippen LogP contribution in [0.2, 0.25) is 10.0 Å². The highest BCUT2D eigenvalue weighted by atomic mass is 35.5. The molecular formula is C34H32Cl2N2O6S. The zero-order chi connectivity index (χ0) is 32.2. The molecule has 0 unspecified atom stereocenters. The van der Waals surface area contributed by atoms with Crippen molar-refractivity contribution in [2.45, 2.75) is 46.4 Å². The van der Waals surface area contributed by atoms with Gasteiger partial charge >= 0.3 is 5.97 Å². The first-order valence-electron chi connectivity index (χ1n) is 14.3.